The number of ether oxygens (including phenoxy) is 1. The zero-order chi connectivity index (χ0) is 10.8. The SMILES string of the molecule is CC(C)(C)Oc1cc(C(=N)N)ncn1. The molecule has 5 nitrogen and oxygen atoms in total. The molecule has 0 aromatic carbocycles. The van der Waals surface area contributed by atoms with Crippen molar-refractivity contribution >= 4 is 5.84 Å². The van der Waals surface area contributed by atoms with Crippen molar-refractivity contribution in [3.05, 3.63) is 18.1 Å². The Balaban J connectivity index is 2.89. The van der Waals surface area contributed by atoms with Gasteiger partial charge in [-0.3, -0.25) is 5.41 Å². The molecule has 0 spiro atoms. The average molecular weight is 194 g/mol. The standard InChI is InChI=1S/C9H14N4O/c1-9(2,3)14-7-4-6(8(10)11)12-5-13-7/h4-5H,1-3H3,(H3,10,11). The number of nitrogen functional groups attached to an aromatic ring is 1. The van der Waals surface area contributed by atoms with Crippen LogP contribution in [0.4, 0.5) is 0 Å². The fourth-order valence-electron chi connectivity index (χ4n) is 0.856. The van der Waals surface area contributed by atoms with E-state index in [9.17, 15) is 0 Å². The lowest BCUT2D eigenvalue weighted by atomic mass is 10.2. The molecule has 1 heterocycles. The summed E-state index contributed by atoms with van der Waals surface area (Å²) in [5.41, 5.74) is 5.34. The molecule has 0 saturated heterocycles. The van der Waals surface area contributed by atoms with Crippen LogP contribution in [0.5, 0.6) is 5.88 Å². The number of nitrogens with one attached hydrogen (secondary N) is 1. The van der Waals surface area contributed by atoms with Gasteiger partial charge >= 0.3 is 0 Å². The molecule has 1 aromatic heterocycles. The Kier molecular flexibility index (Phi) is 2.69. The first-order valence-corrected chi connectivity index (χ1v) is 4.24. The van der Waals surface area contributed by atoms with Crippen molar-refractivity contribution in [1.82, 2.24) is 9.97 Å². The van der Waals surface area contributed by atoms with E-state index in [0.29, 0.717) is 11.6 Å². The molecule has 0 aliphatic rings. The molecule has 0 fully saturated rings. The molecular formula is C9H14N4O. The predicted octanol–water partition coefficient (Wildman–Crippen LogP) is 0.938. The van der Waals surface area contributed by atoms with E-state index >= 15 is 0 Å². The van der Waals surface area contributed by atoms with Gasteiger partial charge in [0.05, 0.1) is 0 Å². The van der Waals surface area contributed by atoms with Crippen LogP contribution >= 0.6 is 0 Å². The summed E-state index contributed by atoms with van der Waals surface area (Å²) < 4.78 is 5.49. The van der Waals surface area contributed by atoms with Gasteiger partial charge in [0.2, 0.25) is 5.88 Å². The Bertz CT molecular complexity index is 343. The molecule has 3 N–H and O–H groups in total. The summed E-state index contributed by atoms with van der Waals surface area (Å²) in [6.45, 7) is 5.76. The number of nitrogens with two attached hydrogens (primary N) is 1. The van der Waals surface area contributed by atoms with E-state index in [1.165, 1.54) is 6.33 Å². The Morgan fingerprint density at radius 1 is 1.43 bits per heavy atom. The van der Waals surface area contributed by atoms with Crippen molar-refractivity contribution in [3.63, 3.8) is 0 Å². The minimum Gasteiger partial charge on any atom is -0.472 e. The Morgan fingerprint density at radius 3 is 2.57 bits per heavy atom. The molecular weight excluding hydrogens is 180 g/mol. The maximum Gasteiger partial charge on any atom is 0.217 e. The Hall–Kier alpha value is -1.65. The van der Waals surface area contributed by atoms with Crippen molar-refractivity contribution in [2.75, 3.05) is 0 Å². The summed E-state index contributed by atoms with van der Waals surface area (Å²) in [5.74, 6) is 0.337. The summed E-state index contributed by atoms with van der Waals surface area (Å²) in [6, 6.07) is 1.55. The van der Waals surface area contributed by atoms with Crippen molar-refractivity contribution in [2.24, 2.45) is 5.73 Å². The van der Waals surface area contributed by atoms with Crippen molar-refractivity contribution < 1.29 is 4.74 Å². The second-order valence-electron chi connectivity index (χ2n) is 3.87. The molecule has 0 bridgehead atoms. The van der Waals surface area contributed by atoms with Crippen molar-refractivity contribution in [2.45, 2.75) is 26.4 Å². The van der Waals surface area contributed by atoms with Gasteiger partial charge in [-0.1, -0.05) is 0 Å². The zero-order valence-electron chi connectivity index (χ0n) is 8.53. The van der Waals surface area contributed by atoms with Crippen molar-refractivity contribution in [1.29, 1.82) is 5.41 Å². The highest BCUT2D eigenvalue weighted by atomic mass is 16.5. The lowest BCUT2D eigenvalue weighted by molar-refractivity contribution is 0.124. The van der Waals surface area contributed by atoms with Gasteiger partial charge in [-0.05, 0) is 20.8 Å². The van der Waals surface area contributed by atoms with Gasteiger partial charge in [0.25, 0.3) is 0 Å². The number of amidine groups is 1. The predicted molar refractivity (Wildman–Crippen MR) is 53.4 cm³/mol. The highest BCUT2D eigenvalue weighted by Crippen LogP contribution is 2.14. The highest BCUT2D eigenvalue weighted by Gasteiger charge is 2.13. The molecule has 0 radical (unpaired) electrons. The molecule has 1 aromatic rings. The molecule has 0 amide bonds. The first-order valence-electron chi connectivity index (χ1n) is 4.24. The number of nitrogens with zero attached hydrogens (tertiary/aromatic N) is 2. The van der Waals surface area contributed by atoms with E-state index in [0.717, 1.165) is 0 Å². The molecule has 14 heavy (non-hydrogen) atoms. The summed E-state index contributed by atoms with van der Waals surface area (Å²) in [7, 11) is 0. The third-order valence-electron chi connectivity index (χ3n) is 1.33. The Labute approximate surface area is 82.8 Å². The van der Waals surface area contributed by atoms with Crippen molar-refractivity contribution in [3.8, 4) is 5.88 Å². The van der Waals surface area contributed by atoms with E-state index in [4.69, 9.17) is 15.9 Å². The van der Waals surface area contributed by atoms with Gasteiger partial charge in [-0.15, -0.1) is 0 Å². The van der Waals surface area contributed by atoms with Gasteiger partial charge in [0.1, 0.15) is 23.5 Å². The van der Waals surface area contributed by atoms with E-state index in [-0.39, 0.29) is 11.4 Å². The fraction of sp³-hybridized carbons (Fsp3) is 0.444. The maximum absolute atomic E-state index is 7.20. The summed E-state index contributed by atoms with van der Waals surface area (Å²) in [5, 5.41) is 7.20. The van der Waals surface area contributed by atoms with Crippen LogP contribution in [0.25, 0.3) is 0 Å². The van der Waals surface area contributed by atoms with E-state index in [1.54, 1.807) is 6.07 Å². The lowest BCUT2D eigenvalue weighted by Crippen LogP contribution is -2.24. The van der Waals surface area contributed by atoms with Crippen LogP contribution in [0.2, 0.25) is 0 Å². The van der Waals surface area contributed by atoms with Gasteiger partial charge in [0.15, 0.2) is 0 Å². The molecule has 0 atom stereocenters. The van der Waals surface area contributed by atoms with E-state index in [1.807, 2.05) is 20.8 Å². The van der Waals surface area contributed by atoms with Gasteiger partial charge < -0.3 is 10.5 Å². The molecule has 5 heteroatoms. The third kappa shape index (κ3) is 3.01. The number of hydrogen-bond donors (Lipinski definition) is 2. The molecule has 0 aliphatic carbocycles. The van der Waals surface area contributed by atoms with Crippen LogP contribution < -0.4 is 10.5 Å². The van der Waals surface area contributed by atoms with Gasteiger partial charge in [-0.2, -0.15) is 0 Å². The van der Waals surface area contributed by atoms with Crippen LogP contribution in [0.1, 0.15) is 26.5 Å². The summed E-state index contributed by atoms with van der Waals surface area (Å²) in [6.07, 6.45) is 1.33. The normalized spacial score (nSPS) is 11.1. The molecule has 0 saturated carbocycles. The largest absolute Gasteiger partial charge is 0.472 e. The van der Waals surface area contributed by atoms with E-state index < -0.39 is 0 Å². The van der Waals surface area contributed by atoms with Crippen LogP contribution in [-0.4, -0.2) is 21.4 Å². The van der Waals surface area contributed by atoms with Crippen LogP contribution in [-0.2, 0) is 0 Å². The average Bonchev–Trinajstić information content (AvgIpc) is 2.01. The fourth-order valence-corrected chi connectivity index (χ4v) is 0.856. The second-order valence-corrected chi connectivity index (χ2v) is 3.87. The third-order valence-corrected chi connectivity index (χ3v) is 1.33. The monoisotopic (exact) mass is 194 g/mol. The molecule has 0 unspecified atom stereocenters. The minimum absolute atomic E-state index is 0.0915. The first-order chi connectivity index (χ1) is 6.38. The quantitative estimate of drug-likeness (QED) is 0.542. The highest BCUT2D eigenvalue weighted by molar-refractivity contribution is 5.93. The van der Waals surface area contributed by atoms with Gasteiger partial charge in [-0.25, -0.2) is 9.97 Å². The zero-order valence-corrected chi connectivity index (χ0v) is 8.53. The second kappa shape index (κ2) is 3.61. The minimum atomic E-state index is -0.317. The smallest absolute Gasteiger partial charge is 0.217 e. The molecule has 76 valence electrons. The maximum atomic E-state index is 7.20. The lowest BCUT2D eigenvalue weighted by Gasteiger charge is -2.20. The van der Waals surface area contributed by atoms with Gasteiger partial charge in [0, 0.05) is 6.07 Å². The molecule has 0 aliphatic heterocycles. The van der Waals surface area contributed by atoms with Crippen LogP contribution in [0.15, 0.2) is 12.4 Å². The van der Waals surface area contributed by atoms with Crippen LogP contribution in [0.3, 0.4) is 0 Å². The summed E-state index contributed by atoms with van der Waals surface area (Å²) in [4.78, 5) is 7.75. The Morgan fingerprint density at radius 2 is 2.07 bits per heavy atom. The summed E-state index contributed by atoms with van der Waals surface area (Å²) >= 11 is 0. The number of hydrogen-bond acceptors (Lipinski definition) is 4. The molecule has 1 rings (SSSR count). The topological polar surface area (TPSA) is 84.9 Å². The van der Waals surface area contributed by atoms with Crippen LogP contribution in [0, 0.1) is 5.41 Å². The number of rotatable bonds is 2. The van der Waals surface area contributed by atoms with E-state index in [2.05, 4.69) is 9.97 Å². The first kappa shape index (κ1) is 10.4. The number of aromatic nitrogens is 2.